The van der Waals surface area contributed by atoms with E-state index < -0.39 is 5.91 Å². The van der Waals surface area contributed by atoms with E-state index in [2.05, 4.69) is 21.1 Å². The van der Waals surface area contributed by atoms with Gasteiger partial charge in [-0.25, -0.2) is 15.0 Å². The SMILES string of the molecule is Cc1nc(Cl)ncc1-c1ccc2c[c]nc(C(N)=O)c2c1. The highest BCUT2D eigenvalue weighted by Gasteiger charge is 2.11. The van der Waals surface area contributed by atoms with E-state index >= 15 is 0 Å². The van der Waals surface area contributed by atoms with Crippen molar-refractivity contribution < 1.29 is 4.79 Å². The maximum absolute atomic E-state index is 11.5. The predicted molar refractivity (Wildman–Crippen MR) is 79.9 cm³/mol. The molecule has 0 bridgehead atoms. The van der Waals surface area contributed by atoms with Crippen LogP contribution in [0, 0.1) is 13.1 Å². The normalized spacial score (nSPS) is 10.8. The number of amides is 1. The summed E-state index contributed by atoms with van der Waals surface area (Å²) in [7, 11) is 0. The number of hydrogen-bond acceptors (Lipinski definition) is 4. The lowest BCUT2D eigenvalue weighted by atomic mass is 10.0. The van der Waals surface area contributed by atoms with E-state index in [1.54, 1.807) is 12.3 Å². The topological polar surface area (TPSA) is 81.8 Å². The zero-order valence-electron chi connectivity index (χ0n) is 11.1. The van der Waals surface area contributed by atoms with Crippen molar-refractivity contribution in [1.82, 2.24) is 15.0 Å². The molecular formula is C15H10ClN4O. The Kier molecular flexibility index (Phi) is 3.27. The van der Waals surface area contributed by atoms with E-state index in [1.807, 2.05) is 25.1 Å². The van der Waals surface area contributed by atoms with E-state index in [0.29, 0.717) is 5.39 Å². The highest BCUT2D eigenvalue weighted by atomic mass is 35.5. The van der Waals surface area contributed by atoms with Crippen LogP contribution in [0.1, 0.15) is 16.2 Å². The Morgan fingerprint density at radius 1 is 1.38 bits per heavy atom. The van der Waals surface area contributed by atoms with Crippen LogP contribution in [0.3, 0.4) is 0 Å². The minimum absolute atomic E-state index is 0.196. The number of nitrogens with zero attached hydrogens (tertiary/aromatic N) is 3. The van der Waals surface area contributed by atoms with E-state index in [0.717, 1.165) is 22.2 Å². The van der Waals surface area contributed by atoms with Crippen LogP contribution in [0.4, 0.5) is 0 Å². The molecule has 0 saturated heterocycles. The van der Waals surface area contributed by atoms with Crippen LogP contribution in [0.5, 0.6) is 0 Å². The number of nitrogens with two attached hydrogens (primary N) is 1. The second-order valence-electron chi connectivity index (χ2n) is 4.54. The maximum Gasteiger partial charge on any atom is 0.267 e. The summed E-state index contributed by atoms with van der Waals surface area (Å²) in [5.41, 5.74) is 8.01. The first-order chi connectivity index (χ1) is 10.1. The van der Waals surface area contributed by atoms with E-state index in [4.69, 9.17) is 17.3 Å². The monoisotopic (exact) mass is 297 g/mol. The molecule has 1 aromatic carbocycles. The molecule has 6 heteroatoms. The number of hydrogen-bond donors (Lipinski definition) is 1. The third kappa shape index (κ3) is 2.43. The van der Waals surface area contributed by atoms with Gasteiger partial charge in [-0.15, -0.1) is 0 Å². The van der Waals surface area contributed by atoms with Crippen molar-refractivity contribution in [2.45, 2.75) is 6.92 Å². The lowest BCUT2D eigenvalue weighted by Crippen LogP contribution is -2.13. The number of benzene rings is 1. The number of primary amides is 1. The fourth-order valence-electron chi connectivity index (χ4n) is 2.19. The zero-order chi connectivity index (χ0) is 15.0. The number of carbonyl (C=O) groups excluding carboxylic acids is 1. The van der Waals surface area contributed by atoms with E-state index in [1.165, 1.54) is 0 Å². The molecule has 103 valence electrons. The number of pyridine rings is 1. The molecule has 2 heterocycles. The largest absolute Gasteiger partial charge is 0.364 e. The molecule has 21 heavy (non-hydrogen) atoms. The van der Waals surface area contributed by atoms with Crippen LogP contribution < -0.4 is 5.73 Å². The van der Waals surface area contributed by atoms with Gasteiger partial charge in [0.05, 0.1) is 11.9 Å². The maximum atomic E-state index is 11.5. The van der Waals surface area contributed by atoms with Gasteiger partial charge in [0.2, 0.25) is 5.28 Å². The summed E-state index contributed by atoms with van der Waals surface area (Å²) in [6, 6.07) is 7.34. The van der Waals surface area contributed by atoms with Crippen LogP contribution in [0.2, 0.25) is 5.28 Å². The minimum atomic E-state index is -0.585. The lowest BCUT2D eigenvalue weighted by Gasteiger charge is -2.08. The fraction of sp³-hybridized carbons (Fsp3) is 0.0667. The molecular weight excluding hydrogens is 288 g/mol. The summed E-state index contributed by atoms with van der Waals surface area (Å²) < 4.78 is 0. The van der Waals surface area contributed by atoms with Gasteiger partial charge in [-0.1, -0.05) is 12.1 Å². The third-order valence-corrected chi connectivity index (χ3v) is 3.38. The molecule has 5 nitrogen and oxygen atoms in total. The van der Waals surface area contributed by atoms with Crippen LogP contribution in [0.15, 0.2) is 30.5 Å². The molecule has 0 aliphatic rings. The first-order valence-corrected chi connectivity index (χ1v) is 6.54. The Morgan fingerprint density at radius 2 is 2.19 bits per heavy atom. The van der Waals surface area contributed by atoms with Crippen molar-refractivity contribution >= 4 is 28.3 Å². The van der Waals surface area contributed by atoms with Gasteiger partial charge in [0.1, 0.15) is 5.69 Å². The highest BCUT2D eigenvalue weighted by Crippen LogP contribution is 2.27. The fourth-order valence-corrected chi connectivity index (χ4v) is 2.37. The number of carbonyl (C=O) groups is 1. The van der Waals surface area contributed by atoms with Crippen LogP contribution in [-0.2, 0) is 0 Å². The molecule has 0 spiro atoms. The Bertz CT molecular complexity index is 863. The molecule has 0 unspecified atom stereocenters. The number of aromatic nitrogens is 3. The van der Waals surface area contributed by atoms with Crippen molar-refractivity contribution in [3.05, 3.63) is 53.3 Å². The molecule has 0 aliphatic heterocycles. The minimum Gasteiger partial charge on any atom is -0.364 e. The van der Waals surface area contributed by atoms with Gasteiger partial charge in [-0.05, 0) is 41.6 Å². The van der Waals surface area contributed by atoms with Crippen molar-refractivity contribution in [1.29, 1.82) is 0 Å². The summed E-state index contributed by atoms with van der Waals surface area (Å²) in [5.74, 6) is -0.585. The Balaban J connectivity index is 2.25. The van der Waals surface area contributed by atoms with Crippen molar-refractivity contribution in [3.63, 3.8) is 0 Å². The Morgan fingerprint density at radius 3 is 2.90 bits per heavy atom. The molecule has 3 rings (SSSR count). The number of rotatable bonds is 2. The number of aryl methyl sites for hydroxylation is 1. The Labute approximate surface area is 125 Å². The number of halogens is 1. The first kappa shape index (κ1) is 13.5. The van der Waals surface area contributed by atoms with Gasteiger partial charge in [0, 0.05) is 17.1 Å². The summed E-state index contributed by atoms with van der Waals surface area (Å²) in [6.07, 6.45) is 4.32. The lowest BCUT2D eigenvalue weighted by molar-refractivity contribution is 0.0997. The second kappa shape index (κ2) is 5.10. The third-order valence-electron chi connectivity index (χ3n) is 3.20. The standard InChI is InChI=1S/C15H10ClN4O/c1-8-12(7-19-15(16)20-8)10-3-2-9-4-5-18-13(14(17)21)11(9)6-10/h2-4,6-7H,1H3,(H2,17,21). The van der Waals surface area contributed by atoms with Gasteiger partial charge in [0.25, 0.3) is 5.91 Å². The van der Waals surface area contributed by atoms with Gasteiger partial charge in [-0.2, -0.15) is 0 Å². The van der Waals surface area contributed by atoms with E-state index in [-0.39, 0.29) is 11.0 Å². The summed E-state index contributed by atoms with van der Waals surface area (Å²) in [4.78, 5) is 23.5. The van der Waals surface area contributed by atoms with Crippen LogP contribution in [0.25, 0.3) is 21.9 Å². The van der Waals surface area contributed by atoms with Gasteiger partial charge < -0.3 is 5.73 Å². The summed E-state index contributed by atoms with van der Waals surface area (Å²) in [5, 5.41) is 1.72. The smallest absolute Gasteiger partial charge is 0.267 e. The number of fused-ring (bicyclic) bond motifs is 1. The van der Waals surface area contributed by atoms with Crippen LogP contribution >= 0.6 is 11.6 Å². The van der Waals surface area contributed by atoms with Gasteiger partial charge >= 0.3 is 0 Å². The molecule has 0 saturated carbocycles. The van der Waals surface area contributed by atoms with Crippen molar-refractivity contribution in [2.24, 2.45) is 5.73 Å². The zero-order valence-corrected chi connectivity index (χ0v) is 11.8. The van der Waals surface area contributed by atoms with Gasteiger partial charge in [-0.3, -0.25) is 4.79 Å². The van der Waals surface area contributed by atoms with E-state index in [9.17, 15) is 4.79 Å². The quantitative estimate of drug-likeness (QED) is 0.737. The molecule has 1 radical (unpaired) electrons. The summed E-state index contributed by atoms with van der Waals surface area (Å²) >= 11 is 5.77. The van der Waals surface area contributed by atoms with Crippen molar-refractivity contribution in [3.8, 4) is 11.1 Å². The molecule has 2 aromatic heterocycles. The average Bonchev–Trinajstić information content (AvgIpc) is 2.46. The molecule has 0 fully saturated rings. The predicted octanol–water partition coefficient (Wildman–Crippen LogP) is 2.55. The Hall–Kier alpha value is -2.53. The molecule has 1 amide bonds. The average molecular weight is 298 g/mol. The molecule has 2 N–H and O–H groups in total. The van der Waals surface area contributed by atoms with Crippen LogP contribution in [-0.4, -0.2) is 20.9 Å². The summed E-state index contributed by atoms with van der Waals surface area (Å²) in [6.45, 7) is 1.85. The van der Waals surface area contributed by atoms with Gasteiger partial charge in [0.15, 0.2) is 0 Å². The second-order valence-corrected chi connectivity index (χ2v) is 4.88. The highest BCUT2D eigenvalue weighted by molar-refractivity contribution is 6.28. The first-order valence-electron chi connectivity index (χ1n) is 6.16. The van der Waals surface area contributed by atoms with Crippen molar-refractivity contribution in [2.75, 3.05) is 0 Å². The molecule has 0 aliphatic carbocycles. The molecule has 0 atom stereocenters. The molecule has 3 aromatic rings.